The molecule has 1 unspecified atom stereocenters. The summed E-state index contributed by atoms with van der Waals surface area (Å²) in [6.45, 7) is 4.05. The number of rotatable bonds is 6. The predicted octanol–water partition coefficient (Wildman–Crippen LogP) is 0.842. The van der Waals surface area contributed by atoms with Crippen molar-refractivity contribution in [2.24, 2.45) is 5.92 Å². The molecule has 7 nitrogen and oxygen atoms in total. The third-order valence-corrected chi connectivity index (χ3v) is 3.60. The van der Waals surface area contributed by atoms with Gasteiger partial charge in [-0.25, -0.2) is 9.97 Å². The van der Waals surface area contributed by atoms with E-state index >= 15 is 0 Å². The third-order valence-electron chi connectivity index (χ3n) is 3.60. The van der Waals surface area contributed by atoms with Crippen molar-refractivity contribution in [3.05, 3.63) is 12.5 Å². The molecule has 1 aliphatic rings. The Morgan fingerprint density at radius 3 is 3.25 bits per heavy atom. The highest BCUT2D eigenvalue weighted by Crippen LogP contribution is 2.27. The van der Waals surface area contributed by atoms with Gasteiger partial charge in [-0.3, -0.25) is 5.10 Å². The molecule has 0 aliphatic carbocycles. The van der Waals surface area contributed by atoms with Crippen LogP contribution in [0.2, 0.25) is 0 Å². The molecule has 1 saturated heterocycles. The summed E-state index contributed by atoms with van der Waals surface area (Å²) in [5.74, 6) is 1.51. The van der Waals surface area contributed by atoms with Crippen LogP contribution < -0.4 is 4.90 Å². The molecule has 1 aliphatic heterocycles. The smallest absolute Gasteiger partial charge is 0.160 e. The molecule has 1 atom stereocenters. The van der Waals surface area contributed by atoms with Gasteiger partial charge in [0.25, 0.3) is 0 Å². The molecule has 0 amide bonds. The van der Waals surface area contributed by atoms with Crippen LogP contribution in [-0.4, -0.2) is 60.2 Å². The minimum atomic E-state index is 0.545. The summed E-state index contributed by atoms with van der Waals surface area (Å²) in [7, 11) is 1.69. The monoisotopic (exact) mass is 277 g/mol. The largest absolute Gasteiger partial charge is 0.382 e. The molecule has 0 radical (unpaired) electrons. The number of methoxy groups -OCH3 is 1. The first-order valence-electron chi connectivity index (χ1n) is 6.84. The number of H-pyrrole nitrogens is 1. The summed E-state index contributed by atoms with van der Waals surface area (Å²) < 4.78 is 10.6. The summed E-state index contributed by atoms with van der Waals surface area (Å²) in [6.07, 6.45) is 4.49. The Morgan fingerprint density at radius 2 is 2.35 bits per heavy atom. The molecule has 3 rings (SSSR count). The van der Waals surface area contributed by atoms with Crippen LogP contribution in [0.15, 0.2) is 12.5 Å². The van der Waals surface area contributed by atoms with E-state index in [0.29, 0.717) is 19.1 Å². The number of anilines is 1. The zero-order chi connectivity index (χ0) is 13.8. The normalized spacial score (nSPS) is 19.1. The molecule has 3 heterocycles. The van der Waals surface area contributed by atoms with E-state index in [9.17, 15) is 0 Å². The Labute approximate surface area is 117 Å². The summed E-state index contributed by atoms with van der Waals surface area (Å²) in [4.78, 5) is 10.8. The quantitative estimate of drug-likeness (QED) is 0.789. The SMILES string of the molecule is COCCOCC1CCN(c2ncnc3[nH]ncc23)C1. The number of aromatic nitrogens is 4. The number of fused-ring (bicyclic) bond motifs is 1. The van der Waals surface area contributed by atoms with Crippen molar-refractivity contribution in [2.45, 2.75) is 6.42 Å². The van der Waals surface area contributed by atoms with Gasteiger partial charge in [0, 0.05) is 26.1 Å². The maximum absolute atomic E-state index is 5.61. The molecular weight excluding hydrogens is 258 g/mol. The second-order valence-electron chi connectivity index (χ2n) is 5.00. The van der Waals surface area contributed by atoms with Crippen molar-refractivity contribution < 1.29 is 9.47 Å². The van der Waals surface area contributed by atoms with Gasteiger partial charge in [0.05, 0.1) is 31.4 Å². The summed E-state index contributed by atoms with van der Waals surface area (Å²) in [5.41, 5.74) is 0.787. The molecule has 0 spiro atoms. The van der Waals surface area contributed by atoms with Crippen LogP contribution in [-0.2, 0) is 9.47 Å². The van der Waals surface area contributed by atoms with Gasteiger partial charge >= 0.3 is 0 Å². The lowest BCUT2D eigenvalue weighted by atomic mass is 10.1. The second kappa shape index (κ2) is 6.15. The number of ether oxygens (including phenoxy) is 2. The Bertz CT molecular complexity index is 558. The first-order valence-corrected chi connectivity index (χ1v) is 6.84. The van der Waals surface area contributed by atoms with E-state index < -0.39 is 0 Å². The van der Waals surface area contributed by atoms with Crippen molar-refractivity contribution >= 4 is 16.9 Å². The molecule has 1 fully saturated rings. The fourth-order valence-corrected chi connectivity index (χ4v) is 2.56. The first-order chi connectivity index (χ1) is 9.88. The van der Waals surface area contributed by atoms with Gasteiger partial charge in [0.1, 0.15) is 12.1 Å². The fourth-order valence-electron chi connectivity index (χ4n) is 2.56. The fraction of sp³-hybridized carbons (Fsp3) is 0.615. The molecule has 2 aromatic heterocycles. The highest BCUT2D eigenvalue weighted by molar-refractivity contribution is 5.86. The van der Waals surface area contributed by atoms with E-state index in [-0.39, 0.29) is 0 Å². The zero-order valence-electron chi connectivity index (χ0n) is 11.6. The van der Waals surface area contributed by atoms with E-state index in [1.165, 1.54) is 0 Å². The van der Waals surface area contributed by atoms with Crippen LogP contribution in [0.4, 0.5) is 5.82 Å². The Morgan fingerprint density at radius 1 is 1.40 bits per heavy atom. The van der Waals surface area contributed by atoms with Crippen LogP contribution in [0, 0.1) is 5.92 Å². The van der Waals surface area contributed by atoms with E-state index in [4.69, 9.17) is 9.47 Å². The van der Waals surface area contributed by atoms with Gasteiger partial charge in [-0.15, -0.1) is 0 Å². The average Bonchev–Trinajstić information content (AvgIpc) is 3.12. The van der Waals surface area contributed by atoms with Crippen molar-refractivity contribution in [3.8, 4) is 0 Å². The van der Waals surface area contributed by atoms with Gasteiger partial charge in [-0.2, -0.15) is 5.10 Å². The minimum absolute atomic E-state index is 0.545. The molecule has 0 bridgehead atoms. The number of hydrogen-bond donors (Lipinski definition) is 1. The van der Waals surface area contributed by atoms with E-state index in [1.807, 2.05) is 0 Å². The van der Waals surface area contributed by atoms with Crippen molar-refractivity contribution in [2.75, 3.05) is 44.9 Å². The Hall–Kier alpha value is -1.73. The highest BCUT2D eigenvalue weighted by Gasteiger charge is 2.25. The Kier molecular flexibility index (Phi) is 4.08. The molecule has 7 heteroatoms. The van der Waals surface area contributed by atoms with Gasteiger partial charge in [-0.05, 0) is 6.42 Å². The van der Waals surface area contributed by atoms with Gasteiger partial charge in [0.2, 0.25) is 0 Å². The topological polar surface area (TPSA) is 76.2 Å². The summed E-state index contributed by atoms with van der Waals surface area (Å²) in [6, 6.07) is 0. The average molecular weight is 277 g/mol. The lowest BCUT2D eigenvalue weighted by molar-refractivity contribution is 0.0549. The predicted molar refractivity (Wildman–Crippen MR) is 74.7 cm³/mol. The molecule has 0 saturated carbocycles. The van der Waals surface area contributed by atoms with Crippen molar-refractivity contribution in [1.82, 2.24) is 20.2 Å². The number of nitrogens with one attached hydrogen (secondary N) is 1. The standard InChI is InChI=1S/C13H19N5O2/c1-19-4-5-20-8-10-2-3-18(7-10)13-11-6-16-17-12(11)14-9-15-13/h6,9-10H,2-5,7-8H2,1H3,(H,14,15,16,17). The van der Waals surface area contributed by atoms with Crippen LogP contribution in [0.25, 0.3) is 11.0 Å². The zero-order valence-corrected chi connectivity index (χ0v) is 11.6. The maximum atomic E-state index is 5.61. The molecule has 20 heavy (non-hydrogen) atoms. The van der Waals surface area contributed by atoms with E-state index in [2.05, 4.69) is 25.1 Å². The van der Waals surface area contributed by atoms with Crippen molar-refractivity contribution in [1.29, 1.82) is 0 Å². The molecule has 0 aromatic carbocycles. The van der Waals surface area contributed by atoms with Gasteiger partial charge in [-0.1, -0.05) is 0 Å². The van der Waals surface area contributed by atoms with E-state index in [0.717, 1.165) is 43.0 Å². The third kappa shape index (κ3) is 2.73. The lowest BCUT2D eigenvalue weighted by Gasteiger charge is -2.17. The Balaban J connectivity index is 1.61. The number of hydrogen-bond acceptors (Lipinski definition) is 6. The van der Waals surface area contributed by atoms with Crippen LogP contribution in [0.3, 0.4) is 0 Å². The van der Waals surface area contributed by atoms with Crippen molar-refractivity contribution in [3.63, 3.8) is 0 Å². The molecule has 108 valence electrons. The maximum Gasteiger partial charge on any atom is 0.160 e. The van der Waals surface area contributed by atoms with Crippen LogP contribution in [0.5, 0.6) is 0 Å². The van der Waals surface area contributed by atoms with Gasteiger partial charge in [0.15, 0.2) is 5.65 Å². The first kappa shape index (κ1) is 13.3. The molecule has 2 aromatic rings. The lowest BCUT2D eigenvalue weighted by Crippen LogP contribution is -2.22. The van der Waals surface area contributed by atoms with Crippen LogP contribution >= 0.6 is 0 Å². The summed E-state index contributed by atoms with van der Waals surface area (Å²) in [5, 5.41) is 7.89. The number of aromatic amines is 1. The van der Waals surface area contributed by atoms with Gasteiger partial charge < -0.3 is 14.4 Å². The highest BCUT2D eigenvalue weighted by atomic mass is 16.5. The summed E-state index contributed by atoms with van der Waals surface area (Å²) >= 11 is 0. The van der Waals surface area contributed by atoms with Crippen LogP contribution in [0.1, 0.15) is 6.42 Å². The van der Waals surface area contributed by atoms with E-state index in [1.54, 1.807) is 19.6 Å². The minimum Gasteiger partial charge on any atom is -0.382 e. The molecule has 1 N–H and O–H groups in total. The second-order valence-corrected chi connectivity index (χ2v) is 5.00. The number of nitrogens with zero attached hydrogens (tertiary/aromatic N) is 4. The molecular formula is C13H19N5O2.